The third-order valence-corrected chi connectivity index (χ3v) is 1.27. The van der Waals surface area contributed by atoms with E-state index in [9.17, 15) is 0 Å². The molecule has 1 N–H and O–H groups in total. The summed E-state index contributed by atoms with van der Waals surface area (Å²) in [5.41, 5.74) is 0.753. The summed E-state index contributed by atoms with van der Waals surface area (Å²) in [6.45, 7) is 0. The molecule has 12 heavy (non-hydrogen) atoms. The van der Waals surface area contributed by atoms with Crippen LogP contribution < -0.4 is 0 Å². The summed E-state index contributed by atoms with van der Waals surface area (Å²) in [6, 6.07) is 6.83. The molecule has 1 rings (SSSR count). The van der Waals surface area contributed by atoms with Gasteiger partial charge < -0.3 is 10.0 Å². The molecule has 64 valence electrons. The molecule has 0 bridgehead atoms. The minimum atomic E-state index is 0.239. The highest BCUT2D eigenvalue weighted by atomic mass is 16.3. The second-order valence-corrected chi connectivity index (χ2v) is 2.73. The first-order chi connectivity index (χ1) is 5.68. The molecule has 0 spiro atoms. The number of phenolic OH excluding ortho intramolecular Hbond substituents is 1. The van der Waals surface area contributed by atoms with Crippen LogP contribution in [0, 0.1) is 0 Å². The third kappa shape index (κ3) is 2.62. The fraction of sp³-hybridized carbons (Fsp3) is 0.222. The predicted octanol–water partition coefficient (Wildman–Crippen LogP) is 1.61. The van der Waals surface area contributed by atoms with Crippen LogP contribution in [0.1, 0.15) is 0 Å². The molecule has 0 amide bonds. The van der Waals surface area contributed by atoms with Gasteiger partial charge in [0, 0.05) is 20.2 Å². The highest BCUT2D eigenvalue weighted by Gasteiger charge is 1.89. The molecule has 0 aliphatic rings. The maximum Gasteiger partial charge on any atom is 0.117 e. The van der Waals surface area contributed by atoms with Crippen molar-refractivity contribution in [1.82, 2.24) is 4.90 Å². The number of aliphatic imine (C=N–C) groups is 1. The summed E-state index contributed by atoms with van der Waals surface area (Å²) in [5.74, 6) is 0.239. The lowest BCUT2D eigenvalue weighted by Gasteiger charge is -2.01. The topological polar surface area (TPSA) is 35.8 Å². The van der Waals surface area contributed by atoms with Crippen molar-refractivity contribution >= 4 is 12.0 Å². The van der Waals surface area contributed by atoms with Crippen molar-refractivity contribution in [3.8, 4) is 5.75 Å². The van der Waals surface area contributed by atoms with Crippen molar-refractivity contribution in [2.24, 2.45) is 4.99 Å². The Morgan fingerprint density at radius 2 is 2.17 bits per heavy atom. The van der Waals surface area contributed by atoms with Gasteiger partial charge in [0.05, 0.1) is 12.0 Å². The molecule has 0 aromatic heterocycles. The van der Waals surface area contributed by atoms with Gasteiger partial charge >= 0.3 is 0 Å². The largest absolute Gasteiger partial charge is 0.508 e. The number of rotatable bonds is 2. The normalized spacial score (nSPS) is 10.5. The third-order valence-electron chi connectivity index (χ3n) is 1.27. The lowest BCUT2D eigenvalue weighted by molar-refractivity contribution is 0.475. The number of hydrogen-bond donors (Lipinski definition) is 1. The number of hydrogen-bond acceptors (Lipinski definition) is 2. The van der Waals surface area contributed by atoms with Crippen LogP contribution in [0.3, 0.4) is 0 Å². The fourth-order valence-corrected chi connectivity index (χ4v) is 0.755. The Morgan fingerprint density at radius 1 is 1.42 bits per heavy atom. The highest BCUT2D eigenvalue weighted by molar-refractivity contribution is 5.61. The van der Waals surface area contributed by atoms with Gasteiger partial charge in [-0.05, 0) is 12.1 Å². The molecular formula is C9H12N2O. The van der Waals surface area contributed by atoms with Crippen molar-refractivity contribution in [2.75, 3.05) is 14.1 Å². The first-order valence-electron chi connectivity index (χ1n) is 3.68. The highest BCUT2D eigenvalue weighted by Crippen LogP contribution is 2.17. The lowest BCUT2D eigenvalue weighted by atomic mass is 10.3. The Labute approximate surface area is 72.0 Å². The summed E-state index contributed by atoms with van der Waals surface area (Å²) in [5, 5.41) is 9.09. The van der Waals surface area contributed by atoms with E-state index in [1.165, 1.54) is 0 Å². The number of aromatic hydroxyl groups is 1. The van der Waals surface area contributed by atoms with Crippen LogP contribution in [-0.2, 0) is 0 Å². The van der Waals surface area contributed by atoms with Gasteiger partial charge in [0.1, 0.15) is 5.75 Å². The van der Waals surface area contributed by atoms with E-state index in [0.717, 1.165) is 5.69 Å². The maximum absolute atomic E-state index is 9.09. The molecular weight excluding hydrogens is 152 g/mol. The van der Waals surface area contributed by atoms with Crippen LogP contribution in [-0.4, -0.2) is 30.4 Å². The summed E-state index contributed by atoms with van der Waals surface area (Å²) in [7, 11) is 3.79. The maximum atomic E-state index is 9.09. The molecule has 0 fully saturated rings. The van der Waals surface area contributed by atoms with Crippen LogP contribution in [0.25, 0.3) is 0 Å². The van der Waals surface area contributed by atoms with E-state index >= 15 is 0 Å². The summed E-state index contributed by atoms with van der Waals surface area (Å²) >= 11 is 0. The van der Waals surface area contributed by atoms with Gasteiger partial charge in [-0.25, -0.2) is 4.99 Å². The number of benzene rings is 1. The van der Waals surface area contributed by atoms with Crippen molar-refractivity contribution in [1.29, 1.82) is 0 Å². The van der Waals surface area contributed by atoms with E-state index in [-0.39, 0.29) is 5.75 Å². The average Bonchev–Trinajstić information content (AvgIpc) is 2.01. The number of phenols is 1. The van der Waals surface area contributed by atoms with Crippen LogP contribution in [0.2, 0.25) is 0 Å². The van der Waals surface area contributed by atoms with Crippen LogP contribution >= 0.6 is 0 Å². The number of nitrogens with zero attached hydrogens (tertiary/aromatic N) is 2. The Morgan fingerprint density at radius 3 is 2.75 bits per heavy atom. The monoisotopic (exact) mass is 164 g/mol. The molecule has 0 aliphatic heterocycles. The molecule has 0 saturated carbocycles. The fourth-order valence-electron chi connectivity index (χ4n) is 0.755. The van der Waals surface area contributed by atoms with Gasteiger partial charge in [-0.3, -0.25) is 0 Å². The first kappa shape index (κ1) is 8.59. The summed E-state index contributed by atoms with van der Waals surface area (Å²) in [4.78, 5) is 5.94. The van der Waals surface area contributed by atoms with E-state index < -0.39 is 0 Å². The molecule has 0 atom stereocenters. The van der Waals surface area contributed by atoms with Crippen molar-refractivity contribution in [2.45, 2.75) is 0 Å². The van der Waals surface area contributed by atoms with Crippen molar-refractivity contribution in [3.63, 3.8) is 0 Å². The standard InChI is InChI=1S/C9H12N2O/c1-11(2)7-10-8-4-3-5-9(12)6-8/h3-7,12H,1-2H3/b10-7+. The molecule has 0 saturated heterocycles. The van der Waals surface area contributed by atoms with Gasteiger partial charge in [-0.2, -0.15) is 0 Å². The summed E-state index contributed by atoms with van der Waals surface area (Å²) < 4.78 is 0. The Hall–Kier alpha value is -1.51. The van der Waals surface area contributed by atoms with Gasteiger partial charge in [0.15, 0.2) is 0 Å². The molecule has 0 unspecified atom stereocenters. The molecule has 0 aliphatic carbocycles. The minimum absolute atomic E-state index is 0.239. The van der Waals surface area contributed by atoms with E-state index in [1.807, 2.05) is 25.1 Å². The van der Waals surface area contributed by atoms with Gasteiger partial charge in [-0.1, -0.05) is 6.07 Å². The van der Waals surface area contributed by atoms with E-state index in [2.05, 4.69) is 4.99 Å². The smallest absolute Gasteiger partial charge is 0.117 e. The second kappa shape index (κ2) is 3.76. The predicted molar refractivity (Wildman–Crippen MR) is 49.9 cm³/mol. The van der Waals surface area contributed by atoms with Crippen LogP contribution in [0.5, 0.6) is 5.75 Å². The van der Waals surface area contributed by atoms with Gasteiger partial charge in [-0.15, -0.1) is 0 Å². The molecule has 3 heteroatoms. The Bertz CT molecular complexity index is 282. The zero-order chi connectivity index (χ0) is 8.97. The second-order valence-electron chi connectivity index (χ2n) is 2.73. The molecule has 0 radical (unpaired) electrons. The molecule has 1 aromatic rings. The molecule has 0 heterocycles. The van der Waals surface area contributed by atoms with Crippen molar-refractivity contribution < 1.29 is 5.11 Å². The zero-order valence-electron chi connectivity index (χ0n) is 7.23. The van der Waals surface area contributed by atoms with E-state index in [1.54, 1.807) is 24.5 Å². The Balaban J connectivity index is 2.76. The van der Waals surface area contributed by atoms with Crippen LogP contribution in [0.4, 0.5) is 5.69 Å². The molecule has 1 aromatic carbocycles. The molecule has 3 nitrogen and oxygen atoms in total. The van der Waals surface area contributed by atoms with Gasteiger partial charge in [0.2, 0.25) is 0 Å². The van der Waals surface area contributed by atoms with E-state index in [0.29, 0.717) is 0 Å². The first-order valence-corrected chi connectivity index (χ1v) is 3.68. The summed E-state index contributed by atoms with van der Waals surface area (Å²) in [6.07, 6.45) is 1.69. The lowest BCUT2D eigenvalue weighted by Crippen LogP contribution is -2.06. The van der Waals surface area contributed by atoms with Crippen LogP contribution in [0.15, 0.2) is 29.3 Å². The van der Waals surface area contributed by atoms with Gasteiger partial charge in [0.25, 0.3) is 0 Å². The average molecular weight is 164 g/mol. The minimum Gasteiger partial charge on any atom is -0.508 e. The van der Waals surface area contributed by atoms with Crippen molar-refractivity contribution in [3.05, 3.63) is 24.3 Å². The zero-order valence-corrected chi connectivity index (χ0v) is 7.23. The quantitative estimate of drug-likeness (QED) is 0.532. The van der Waals surface area contributed by atoms with E-state index in [4.69, 9.17) is 5.11 Å². The SMILES string of the molecule is CN(C)/C=N/c1cccc(O)c1. The Kier molecular flexibility index (Phi) is 2.69.